The van der Waals surface area contributed by atoms with E-state index in [1.807, 2.05) is 44.4 Å². The molecule has 3 unspecified atom stereocenters. The first-order valence-corrected chi connectivity index (χ1v) is 13.3. The van der Waals surface area contributed by atoms with Gasteiger partial charge in [-0.1, -0.05) is 38.1 Å². The summed E-state index contributed by atoms with van der Waals surface area (Å²) in [5.74, 6) is -1.04. The highest BCUT2D eigenvalue weighted by atomic mass is 32.2. The van der Waals surface area contributed by atoms with Gasteiger partial charge in [0.2, 0.25) is 11.8 Å². The first-order chi connectivity index (χ1) is 16.8. The number of imidazole rings is 1. The number of carbonyl (C=O) groups is 3. The molecule has 0 saturated heterocycles. The number of rotatable bonds is 12. The predicted octanol–water partition coefficient (Wildman–Crippen LogP) is 1.84. The molecule has 0 saturated carbocycles. The second kappa shape index (κ2) is 12.7. The minimum atomic E-state index is -1.07. The van der Waals surface area contributed by atoms with Gasteiger partial charge in [-0.15, -0.1) is 0 Å². The number of nitrogens with zero attached hydrogens (tertiary/aromatic N) is 2. The lowest BCUT2D eigenvalue weighted by atomic mass is 9.91. The number of hydrogen-bond donors (Lipinski definition) is 4. The number of aromatic nitrogens is 2. The van der Waals surface area contributed by atoms with E-state index in [1.54, 1.807) is 17.4 Å². The molecule has 1 aromatic carbocycles. The SMILES string of the molecule is CSCCC(NC(=O)C1Cc2ccccc2CN1C(=O)C(NCCc1cnc[nH]1)C(C)C)C(=O)O. The van der Waals surface area contributed by atoms with Crippen molar-refractivity contribution >= 4 is 29.5 Å². The number of aromatic amines is 1. The van der Waals surface area contributed by atoms with Crippen LogP contribution in [0.1, 0.15) is 37.1 Å². The summed E-state index contributed by atoms with van der Waals surface area (Å²) < 4.78 is 0. The van der Waals surface area contributed by atoms with Gasteiger partial charge in [-0.05, 0) is 35.5 Å². The van der Waals surface area contributed by atoms with Crippen molar-refractivity contribution in [1.29, 1.82) is 0 Å². The Kier molecular flexibility index (Phi) is 9.73. The number of benzene rings is 1. The van der Waals surface area contributed by atoms with E-state index in [1.165, 1.54) is 11.8 Å². The molecule has 4 N–H and O–H groups in total. The van der Waals surface area contributed by atoms with Crippen LogP contribution in [0.3, 0.4) is 0 Å². The van der Waals surface area contributed by atoms with E-state index in [4.69, 9.17) is 0 Å². The van der Waals surface area contributed by atoms with E-state index in [0.717, 1.165) is 16.8 Å². The molecule has 0 spiro atoms. The van der Waals surface area contributed by atoms with Gasteiger partial charge in [0.1, 0.15) is 12.1 Å². The summed E-state index contributed by atoms with van der Waals surface area (Å²) in [6, 6.07) is 5.53. The van der Waals surface area contributed by atoms with Crippen molar-refractivity contribution in [2.75, 3.05) is 18.6 Å². The molecule has 2 aromatic rings. The van der Waals surface area contributed by atoms with E-state index in [0.29, 0.717) is 38.1 Å². The van der Waals surface area contributed by atoms with Crippen molar-refractivity contribution in [2.24, 2.45) is 5.92 Å². The van der Waals surface area contributed by atoms with Crippen molar-refractivity contribution < 1.29 is 19.5 Å². The van der Waals surface area contributed by atoms with Crippen LogP contribution >= 0.6 is 11.8 Å². The second-order valence-corrected chi connectivity index (χ2v) is 10.1. The van der Waals surface area contributed by atoms with Gasteiger partial charge in [-0.2, -0.15) is 11.8 Å². The maximum absolute atomic E-state index is 13.8. The van der Waals surface area contributed by atoms with E-state index in [2.05, 4.69) is 20.6 Å². The Morgan fingerprint density at radius 2 is 2.00 bits per heavy atom. The van der Waals surface area contributed by atoms with Gasteiger partial charge in [-0.25, -0.2) is 9.78 Å². The number of H-pyrrole nitrogens is 1. The molecule has 10 heteroatoms. The molecule has 0 aliphatic carbocycles. The van der Waals surface area contributed by atoms with Crippen LogP contribution in [-0.4, -0.2) is 74.4 Å². The van der Waals surface area contributed by atoms with Gasteiger partial charge in [0.05, 0.1) is 12.4 Å². The molecule has 190 valence electrons. The highest BCUT2D eigenvalue weighted by Crippen LogP contribution is 2.25. The van der Waals surface area contributed by atoms with Gasteiger partial charge in [0, 0.05) is 37.8 Å². The second-order valence-electron chi connectivity index (χ2n) is 9.14. The molecular formula is C25H35N5O4S. The highest BCUT2D eigenvalue weighted by molar-refractivity contribution is 7.98. The molecule has 1 aliphatic rings. The van der Waals surface area contributed by atoms with Crippen molar-refractivity contribution in [3.63, 3.8) is 0 Å². The fourth-order valence-electron chi connectivity index (χ4n) is 4.32. The molecule has 35 heavy (non-hydrogen) atoms. The fraction of sp³-hybridized carbons (Fsp3) is 0.520. The lowest BCUT2D eigenvalue weighted by Gasteiger charge is -2.39. The largest absolute Gasteiger partial charge is 0.480 e. The molecule has 3 rings (SSSR count). The minimum absolute atomic E-state index is 0.00139. The zero-order valence-corrected chi connectivity index (χ0v) is 21.3. The normalized spacial score (nSPS) is 17.0. The van der Waals surface area contributed by atoms with Gasteiger partial charge in [-0.3, -0.25) is 9.59 Å². The Balaban J connectivity index is 1.79. The van der Waals surface area contributed by atoms with Crippen LogP contribution in [-0.2, 0) is 33.8 Å². The van der Waals surface area contributed by atoms with Crippen LogP contribution in [0.25, 0.3) is 0 Å². The predicted molar refractivity (Wildman–Crippen MR) is 136 cm³/mol. The molecule has 0 bridgehead atoms. The van der Waals surface area contributed by atoms with Crippen LogP contribution in [0.4, 0.5) is 0 Å². The Labute approximate surface area is 210 Å². The summed E-state index contributed by atoms with van der Waals surface area (Å²) >= 11 is 1.53. The Morgan fingerprint density at radius 1 is 1.26 bits per heavy atom. The Morgan fingerprint density at radius 3 is 2.63 bits per heavy atom. The first kappa shape index (κ1) is 26.7. The molecule has 9 nitrogen and oxygen atoms in total. The number of carboxylic acids is 1. The van der Waals surface area contributed by atoms with Crippen LogP contribution < -0.4 is 10.6 Å². The standard InChI is InChI=1S/C25H35N5O4S/c1-16(2)22(27-10-8-19-13-26-15-28-19)24(32)30-14-18-7-5-4-6-17(18)12-21(30)23(31)29-20(25(33)34)9-11-35-3/h4-7,13,15-16,20-22,27H,8-12,14H2,1-3H3,(H,26,28)(H,29,31)(H,33,34). The van der Waals surface area contributed by atoms with E-state index >= 15 is 0 Å². The van der Waals surface area contributed by atoms with E-state index in [9.17, 15) is 19.5 Å². The number of aliphatic carboxylic acids is 1. The molecule has 1 aliphatic heterocycles. The lowest BCUT2D eigenvalue weighted by molar-refractivity contribution is -0.146. The van der Waals surface area contributed by atoms with Crippen LogP contribution in [0.5, 0.6) is 0 Å². The average molecular weight is 502 g/mol. The molecule has 2 amide bonds. The third kappa shape index (κ3) is 7.08. The maximum Gasteiger partial charge on any atom is 0.326 e. The summed E-state index contributed by atoms with van der Waals surface area (Å²) in [6.45, 7) is 4.83. The fourth-order valence-corrected chi connectivity index (χ4v) is 4.79. The van der Waals surface area contributed by atoms with Gasteiger partial charge in [0.15, 0.2) is 0 Å². The third-order valence-electron chi connectivity index (χ3n) is 6.31. The number of hydrogen-bond acceptors (Lipinski definition) is 6. The summed E-state index contributed by atoms with van der Waals surface area (Å²) in [7, 11) is 0. The monoisotopic (exact) mass is 501 g/mol. The quantitative estimate of drug-likeness (QED) is 0.349. The molecule has 0 radical (unpaired) electrons. The topological polar surface area (TPSA) is 127 Å². The van der Waals surface area contributed by atoms with E-state index in [-0.39, 0.29) is 11.8 Å². The van der Waals surface area contributed by atoms with Gasteiger partial charge in [0.25, 0.3) is 0 Å². The smallest absolute Gasteiger partial charge is 0.326 e. The van der Waals surface area contributed by atoms with Crippen molar-refractivity contribution in [2.45, 2.75) is 57.8 Å². The molecule has 1 aromatic heterocycles. The number of nitrogens with one attached hydrogen (secondary N) is 3. The summed E-state index contributed by atoms with van der Waals surface area (Å²) in [4.78, 5) is 47.6. The van der Waals surface area contributed by atoms with Crippen LogP contribution in [0.15, 0.2) is 36.8 Å². The van der Waals surface area contributed by atoms with Crippen molar-refractivity contribution in [3.8, 4) is 0 Å². The van der Waals surface area contributed by atoms with Gasteiger partial charge >= 0.3 is 5.97 Å². The van der Waals surface area contributed by atoms with Gasteiger partial charge < -0.3 is 25.6 Å². The third-order valence-corrected chi connectivity index (χ3v) is 6.95. The Hall–Kier alpha value is -2.85. The van der Waals surface area contributed by atoms with E-state index < -0.39 is 30.0 Å². The molecular weight excluding hydrogens is 466 g/mol. The molecule has 3 atom stereocenters. The lowest BCUT2D eigenvalue weighted by Crippen LogP contribution is -2.59. The summed E-state index contributed by atoms with van der Waals surface area (Å²) in [5.41, 5.74) is 2.98. The molecule has 2 heterocycles. The number of amides is 2. The number of carboxylic acid groups (broad SMARTS) is 1. The van der Waals surface area contributed by atoms with Crippen LogP contribution in [0.2, 0.25) is 0 Å². The summed E-state index contributed by atoms with van der Waals surface area (Å²) in [6.07, 6.45) is 6.64. The zero-order chi connectivity index (χ0) is 25.4. The van der Waals surface area contributed by atoms with Crippen molar-refractivity contribution in [1.82, 2.24) is 25.5 Å². The maximum atomic E-state index is 13.8. The first-order valence-electron chi connectivity index (χ1n) is 11.9. The minimum Gasteiger partial charge on any atom is -0.480 e. The van der Waals surface area contributed by atoms with Crippen molar-refractivity contribution in [3.05, 3.63) is 53.6 Å². The number of fused-ring (bicyclic) bond motifs is 1. The average Bonchev–Trinajstić information content (AvgIpc) is 3.36. The number of carbonyl (C=O) groups excluding carboxylic acids is 2. The van der Waals surface area contributed by atoms with Crippen LogP contribution in [0, 0.1) is 5.92 Å². The highest BCUT2D eigenvalue weighted by Gasteiger charge is 2.39. The Bertz CT molecular complexity index is 998. The number of thioether (sulfide) groups is 1. The molecule has 0 fully saturated rings. The zero-order valence-electron chi connectivity index (χ0n) is 20.5. The summed E-state index contributed by atoms with van der Waals surface area (Å²) in [5, 5.41) is 15.6.